The number of thioether (sulfide) groups is 1. The van der Waals surface area contributed by atoms with Crippen molar-refractivity contribution in [2.75, 3.05) is 12.4 Å². The standard InChI is InChI=1S/C16H16Cl2O2S/c17-12-3-6-14(7-4-12)21-10-2-1-9-20-13-5-8-16(19)15(18)11-13/h3-8,11,19H,1-2,9-10H2. The molecule has 0 aliphatic heterocycles. The summed E-state index contributed by atoms with van der Waals surface area (Å²) in [7, 11) is 0. The van der Waals surface area contributed by atoms with Gasteiger partial charge in [-0.05, 0) is 55.0 Å². The molecule has 0 unspecified atom stereocenters. The van der Waals surface area contributed by atoms with E-state index in [0.717, 1.165) is 23.6 Å². The van der Waals surface area contributed by atoms with E-state index in [1.165, 1.54) is 11.0 Å². The molecule has 0 amide bonds. The van der Waals surface area contributed by atoms with Gasteiger partial charge in [-0.15, -0.1) is 11.8 Å². The van der Waals surface area contributed by atoms with Gasteiger partial charge in [0.25, 0.3) is 0 Å². The lowest BCUT2D eigenvalue weighted by Crippen LogP contribution is -1.97. The minimum Gasteiger partial charge on any atom is -0.506 e. The first kappa shape index (κ1) is 16.3. The van der Waals surface area contributed by atoms with Crippen molar-refractivity contribution in [1.29, 1.82) is 0 Å². The van der Waals surface area contributed by atoms with Crippen molar-refractivity contribution in [3.05, 3.63) is 52.5 Å². The predicted molar refractivity (Wildman–Crippen MR) is 90.0 cm³/mol. The lowest BCUT2D eigenvalue weighted by atomic mass is 10.3. The Labute approximate surface area is 139 Å². The van der Waals surface area contributed by atoms with Crippen LogP contribution in [0.25, 0.3) is 0 Å². The summed E-state index contributed by atoms with van der Waals surface area (Å²) in [6.45, 7) is 0.641. The van der Waals surface area contributed by atoms with Gasteiger partial charge >= 0.3 is 0 Å². The average Bonchev–Trinajstić information content (AvgIpc) is 2.48. The number of unbranched alkanes of at least 4 members (excludes halogenated alkanes) is 1. The molecule has 0 heterocycles. The molecule has 0 saturated heterocycles. The van der Waals surface area contributed by atoms with Crippen molar-refractivity contribution in [3.8, 4) is 11.5 Å². The summed E-state index contributed by atoms with van der Waals surface area (Å²) in [5, 5.41) is 10.4. The van der Waals surface area contributed by atoms with E-state index in [1.54, 1.807) is 12.1 Å². The number of benzene rings is 2. The maximum atomic E-state index is 9.31. The second kappa shape index (κ2) is 8.42. The maximum absolute atomic E-state index is 9.31. The molecule has 0 radical (unpaired) electrons. The predicted octanol–water partition coefficient (Wildman–Crippen LogP) is 5.65. The number of aromatic hydroxyl groups is 1. The Morgan fingerprint density at radius 2 is 1.76 bits per heavy atom. The molecule has 0 aromatic heterocycles. The van der Waals surface area contributed by atoms with Crippen molar-refractivity contribution < 1.29 is 9.84 Å². The SMILES string of the molecule is Oc1ccc(OCCCCSc2ccc(Cl)cc2)cc1Cl. The van der Waals surface area contributed by atoms with Gasteiger partial charge in [0.1, 0.15) is 11.5 Å². The highest BCUT2D eigenvalue weighted by atomic mass is 35.5. The van der Waals surface area contributed by atoms with E-state index >= 15 is 0 Å². The zero-order valence-electron chi connectivity index (χ0n) is 11.4. The Morgan fingerprint density at radius 3 is 2.48 bits per heavy atom. The van der Waals surface area contributed by atoms with Gasteiger partial charge in [0.15, 0.2) is 0 Å². The minimum absolute atomic E-state index is 0.0726. The van der Waals surface area contributed by atoms with Gasteiger partial charge in [-0.25, -0.2) is 0 Å². The first-order valence-electron chi connectivity index (χ1n) is 6.65. The molecule has 2 nitrogen and oxygen atoms in total. The topological polar surface area (TPSA) is 29.5 Å². The highest BCUT2D eigenvalue weighted by molar-refractivity contribution is 7.99. The van der Waals surface area contributed by atoms with Gasteiger partial charge in [-0.3, -0.25) is 0 Å². The van der Waals surface area contributed by atoms with E-state index < -0.39 is 0 Å². The first-order chi connectivity index (χ1) is 10.1. The van der Waals surface area contributed by atoms with Crippen LogP contribution in [0.15, 0.2) is 47.4 Å². The van der Waals surface area contributed by atoms with E-state index in [4.69, 9.17) is 27.9 Å². The first-order valence-corrected chi connectivity index (χ1v) is 8.39. The fourth-order valence-corrected chi connectivity index (χ4v) is 2.90. The summed E-state index contributed by atoms with van der Waals surface area (Å²) in [5.74, 6) is 1.80. The number of hydrogen-bond donors (Lipinski definition) is 1. The number of phenolic OH excluding ortho intramolecular Hbond substituents is 1. The molecule has 21 heavy (non-hydrogen) atoms. The fraction of sp³-hybridized carbons (Fsp3) is 0.250. The molecule has 1 N–H and O–H groups in total. The van der Waals surface area contributed by atoms with Gasteiger partial charge in [-0.1, -0.05) is 23.2 Å². The zero-order chi connectivity index (χ0) is 15.1. The fourth-order valence-electron chi connectivity index (χ4n) is 1.69. The Bertz CT molecular complexity index is 573. The van der Waals surface area contributed by atoms with E-state index in [-0.39, 0.29) is 5.75 Å². The Morgan fingerprint density at radius 1 is 1.00 bits per heavy atom. The minimum atomic E-state index is 0.0726. The third-order valence-corrected chi connectivity index (χ3v) is 4.46. The van der Waals surface area contributed by atoms with Crippen LogP contribution in [0, 0.1) is 0 Å². The third kappa shape index (κ3) is 5.70. The van der Waals surface area contributed by atoms with Crippen LogP contribution in [0.3, 0.4) is 0 Å². The number of ether oxygens (including phenoxy) is 1. The Balaban J connectivity index is 1.61. The normalized spacial score (nSPS) is 10.6. The summed E-state index contributed by atoms with van der Waals surface area (Å²) in [6, 6.07) is 12.7. The molecular weight excluding hydrogens is 327 g/mol. The number of halogens is 2. The van der Waals surface area contributed by atoms with Gasteiger partial charge in [0.05, 0.1) is 11.6 Å². The van der Waals surface area contributed by atoms with Crippen LogP contribution in [0.2, 0.25) is 10.0 Å². The maximum Gasteiger partial charge on any atom is 0.134 e. The van der Waals surface area contributed by atoms with Crippen molar-refractivity contribution in [3.63, 3.8) is 0 Å². The second-order valence-corrected chi connectivity index (χ2v) is 6.48. The van der Waals surface area contributed by atoms with Gasteiger partial charge < -0.3 is 9.84 Å². The number of rotatable bonds is 7. The van der Waals surface area contributed by atoms with Crippen LogP contribution in [0.4, 0.5) is 0 Å². The smallest absolute Gasteiger partial charge is 0.134 e. The summed E-state index contributed by atoms with van der Waals surface area (Å²) in [6.07, 6.45) is 2.04. The number of hydrogen-bond acceptors (Lipinski definition) is 3. The lowest BCUT2D eigenvalue weighted by Gasteiger charge is -2.07. The highest BCUT2D eigenvalue weighted by Gasteiger charge is 2.01. The molecule has 0 saturated carbocycles. The van der Waals surface area contributed by atoms with Crippen molar-refractivity contribution in [2.24, 2.45) is 0 Å². The molecule has 0 bridgehead atoms. The summed E-state index contributed by atoms with van der Waals surface area (Å²) in [4.78, 5) is 1.23. The Hall–Kier alpha value is -1.03. The molecule has 112 valence electrons. The van der Waals surface area contributed by atoms with E-state index in [0.29, 0.717) is 17.4 Å². The van der Waals surface area contributed by atoms with Crippen LogP contribution >= 0.6 is 35.0 Å². The molecule has 2 aromatic carbocycles. The molecule has 2 aromatic rings. The molecular formula is C16H16Cl2O2S. The van der Waals surface area contributed by atoms with Gasteiger partial charge in [-0.2, -0.15) is 0 Å². The van der Waals surface area contributed by atoms with Crippen LogP contribution in [0.5, 0.6) is 11.5 Å². The summed E-state index contributed by atoms with van der Waals surface area (Å²) >= 11 is 13.5. The molecule has 0 fully saturated rings. The summed E-state index contributed by atoms with van der Waals surface area (Å²) in [5.41, 5.74) is 0. The molecule has 0 aliphatic carbocycles. The van der Waals surface area contributed by atoms with Gasteiger partial charge in [0.2, 0.25) is 0 Å². The number of phenols is 1. The van der Waals surface area contributed by atoms with Crippen molar-refractivity contribution in [2.45, 2.75) is 17.7 Å². The quantitative estimate of drug-likeness (QED) is 0.520. The molecule has 0 aliphatic rings. The van der Waals surface area contributed by atoms with Crippen LogP contribution in [-0.4, -0.2) is 17.5 Å². The van der Waals surface area contributed by atoms with E-state index in [2.05, 4.69) is 0 Å². The lowest BCUT2D eigenvalue weighted by molar-refractivity contribution is 0.309. The average molecular weight is 343 g/mol. The largest absolute Gasteiger partial charge is 0.506 e. The molecule has 0 atom stereocenters. The van der Waals surface area contributed by atoms with Crippen LogP contribution in [-0.2, 0) is 0 Å². The zero-order valence-corrected chi connectivity index (χ0v) is 13.7. The molecule has 0 spiro atoms. The monoisotopic (exact) mass is 342 g/mol. The third-order valence-electron chi connectivity index (χ3n) is 2.81. The molecule has 2 rings (SSSR count). The highest BCUT2D eigenvalue weighted by Crippen LogP contribution is 2.27. The Kier molecular flexibility index (Phi) is 6.55. The van der Waals surface area contributed by atoms with Gasteiger partial charge in [0, 0.05) is 16.0 Å². The van der Waals surface area contributed by atoms with E-state index in [9.17, 15) is 5.11 Å². The van der Waals surface area contributed by atoms with E-state index in [1.807, 2.05) is 36.0 Å². The second-order valence-electron chi connectivity index (χ2n) is 4.47. The van der Waals surface area contributed by atoms with Crippen molar-refractivity contribution in [1.82, 2.24) is 0 Å². The van der Waals surface area contributed by atoms with Crippen LogP contribution < -0.4 is 4.74 Å². The van der Waals surface area contributed by atoms with Crippen molar-refractivity contribution >= 4 is 35.0 Å². The van der Waals surface area contributed by atoms with Crippen LogP contribution in [0.1, 0.15) is 12.8 Å². The molecule has 5 heteroatoms. The summed E-state index contributed by atoms with van der Waals surface area (Å²) < 4.78 is 5.59.